The Bertz CT molecular complexity index is 83.6. The average molecular weight is 176 g/mol. The van der Waals surface area contributed by atoms with E-state index in [2.05, 4.69) is 26.5 Å². The highest BCUT2D eigenvalue weighted by molar-refractivity contribution is 7.80. The highest BCUT2D eigenvalue weighted by atomic mass is 32.1. The normalized spacial score (nSPS) is 13.9. The molecule has 2 heteroatoms. The molecule has 0 aromatic rings. The molecule has 0 saturated carbocycles. The van der Waals surface area contributed by atoms with E-state index in [9.17, 15) is 0 Å². The lowest BCUT2D eigenvalue weighted by atomic mass is 10.0. The Morgan fingerprint density at radius 3 is 2.18 bits per heavy atom. The molecule has 0 saturated heterocycles. The molecule has 0 amide bonds. The van der Waals surface area contributed by atoms with Gasteiger partial charge in [-0.15, -0.1) is 0 Å². The maximum absolute atomic E-state index is 9.15. The summed E-state index contributed by atoms with van der Waals surface area (Å²) in [5, 5.41) is 9.15. The average Bonchev–Trinajstić information content (AvgIpc) is 1.97. The fourth-order valence-electron chi connectivity index (χ4n) is 1.02. The molecule has 0 rings (SSSR count). The topological polar surface area (TPSA) is 20.2 Å². The van der Waals surface area contributed by atoms with Gasteiger partial charge in [0.15, 0.2) is 0 Å². The lowest BCUT2D eigenvalue weighted by Gasteiger charge is -2.07. The Balaban J connectivity index is 3.01. The third-order valence-electron chi connectivity index (χ3n) is 1.78. The van der Waals surface area contributed by atoms with Gasteiger partial charge in [0.05, 0.1) is 6.10 Å². The monoisotopic (exact) mass is 176 g/mol. The summed E-state index contributed by atoms with van der Waals surface area (Å²) in [4.78, 5) is 0. The summed E-state index contributed by atoms with van der Waals surface area (Å²) in [6, 6.07) is 0. The lowest BCUT2D eigenvalue weighted by Crippen LogP contribution is -2.07. The van der Waals surface area contributed by atoms with Crippen molar-refractivity contribution in [2.45, 2.75) is 45.6 Å². The van der Waals surface area contributed by atoms with Crippen LogP contribution in [0.25, 0.3) is 0 Å². The lowest BCUT2D eigenvalue weighted by molar-refractivity contribution is 0.184. The second-order valence-corrected chi connectivity index (χ2v) is 3.88. The number of aliphatic hydroxyl groups excluding tert-OH is 1. The van der Waals surface area contributed by atoms with Crippen LogP contribution in [0.2, 0.25) is 0 Å². The van der Waals surface area contributed by atoms with Crippen molar-refractivity contribution >= 4 is 12.6 Å². The fraction of sp³-hybridized carbons (Fsp3) is 1.00. The summed E-state index contributed by atoms with van der Waals surface area (Å²) in [5.74, 6) is 1.39. The SMILES string of the molecule is CC(C)CCCCC(O)CS. The third-order valence-corrected chi connectivity index (χ3v) is 2.20. The van der Waals surface area contributed by atoms with Crippen LogP contribution in [-0.4, -0.2) is 17.0 Å². The second-order valence-electron chi connectivity index (χ2n) is 3.51. The van der Waals surface area contributed by atoms with E-state index in [4.69, 9.17) is 5.11 Å². The quantitative estimate of drug-likeness (QED) is 0.470. The van der Waals surface area contributed by atoms with Gasteiger partial charge in [-0.3, -0.25) is 0 Å². The molecule has 0 fully saturated rings. The van der Waals surface area contributed by atoms with Crippen molar-refractivity contribution in [3.05, 3.63) is 0 Å². The van der Waals surface area contributed by atoms with Gasteiger partial charge in [-0.05, 0) is 12.3 Å². The van der Waals surface area contributed by atoms with Crippen LogP contribution in [0.4, 0.5) is 0 Å². The van der Waals surface area contributed by atoms with Crippen LogP contribution in [0.1, 0.15) is 39.5 Å². The van der Waals surface area contributed by atoms with Crippen LogP contribution in [-0.2, 0) is 0 Å². The molecule has 1 N–H and O–H groups in total. The highest BCUT2D eigenvalue weighted by Gasteiger charge is 2.00. The van der Waals surface area contributed by atoms with Crippen LogP contribution in [0.15, 0.2) is 0 Å². The molecule has 1 unspecified atom stereocenters. The zero-order valence-electron chi connectivity index (χ0n) is 7.58. The Kier molecular flexibility index (Phi) is 7.18. The van der Waals surface area contributed by atoms with E-state index in [0.717, 1.165) is 18.8 Å². The summed E-state index contributed by atoms with van der Waals surface area (Å²) < 4.78 is 0. The summed E-state index contributed by atoms with van der Waals surface area (Å²) >= 11 is 4.01. The van der Waals surface area contributed by atoms with E-state index >= 15 is 0 Å². The van der Waals surface area contributed by atoms with E-state index in [1.165, 1.54) is 12.8 Å². The molecular weight excluding hydrogens is 156 g/mol. The predicted octanol–water partition coefficient (Wildman–Crippen LogP) is 2.49. The first kappa shape index (κ1) is 11.3. The van der Waals surface area contributed by atoms with Gasteiger partial charge >= 0.3 is 0 Å². The molecule has 0 radical (unpaired) electrons. The minimum atomic E-state index is -0.189. The molecule has 0 aliphatic heterocycles. The van der Waals surface area contributed by atoms with E-state index in [1.54, 1.807) is 0 Å². The highest BCUT2D eigenvalue weighted by Crippen LogP contribution is 2.09. The molecular formula is C9H20OS. The largest absolute Gasteiger partial charge is 0.392 e. The number of aliphatic hydroxyl groups is 1. The van der Waals surface area contributed by atoms with Gasteiger partial charge in [-0.25, -0.2) is 0 Å². The van der Waals surface area contributed by atoms with Gasteiger partial charge in [0, 0.05) is 5.75 Å². The molecule has 0 aliphatic rings. The molecule has 1 nitrogen and oxygen atoms in total. The van der Waals surface area contributed by atoms with E-state index in [1.807, 2.05) is 0 Å². The minimum absolute atomic E-state index is 0.189. The zero-order valence-corrected chi connectivity index (χ0v) is 8.48. The van der Waals surface area contributed by atoms with Crippen molar-refractivity contribution in [2.24, 2.45) is 5.92 Å². The minimum Gasteiger partial charge on any atom is -0.392 e. The number of thiol groups is 1. The standard InChI is InChI=1S/C9H20OS/c1-8(2)5-3-4-6-9(10)7-11/h8-11H,3-7H2,1-2H3. The van der Waals surface area contributed by atoms with Gasteiger partial charge in [-0.2, -0.15) is 12.6 Å². The number of hydrogen-bond donors (Lipinski definition) is 2. The third kappa shape index (κ3) is 8.21. The van der Waals surface area contributed by atoms with Gasteiger partial charge < -0.3 is 5.11 Å². The Morgan fingerprint density at radius 1 is 1.18 bits per heavy atom. The molecule has 11 heavy (non-hydrogen) atoms. The van der Waals surface area contributed by atoms with E-state index in [0.29, 0.717) is 5.75 Å². The van der Waals surface area contributed by atoms with Gasteiger partial charge in [-0.1, -0.05) is 33.1 Å². The Hall–Kier alpha value is 0.310. The second kappa shape index (κ2) is 6.99. The predicted molar refractivity (Wildman–Crippen MR) is 53.2 cm³/mol. The van der Waals surface area contributed by atoms with Crippen LogP contribution in [0.5, 0.6) is 0 Å². The van der Waals surface area contributed by atoms with Crippen molar-refractivity contribution in [1.82, 2.24) is 0 Å². The molecule has 0 heterocycles. The van der Waals surface area contributed by atoms with E-state index < -0.39 is 0 Å². The number of hydrogen-bond acceptors (Lipinski definition) is 2. The molecule has 68 valence electrons. The first-order valence-corrected chi connectivity index (χ1v) is 5.09. The zero-order chi connectivity index (χ0) is 8.69. The van der Waals surface area contributed by atoms with Crippen LogP contribution < -0.4 is 0 Å². The first-order chi connectivity index (χ1) is 5.16. The Morgan fingerprint density at radius 2 is 1.73 bits per heavy atom. The van der Waals surface area contributed by atoms with Crippen LogP contribution >= 0.6 is 12.6 Å². The van der Waals surface area contributed by atoms with Crippen molar-refractivity contribution in [1.29, 1.82) is 0 Å². The molecule has 0 aromatic heterocycles. The molecule has 0 aliphatic carbocycles. The fourth-order valence-corrected chi connectivity index (χ4v) is 1.21. The first-order valence-electron chi connectivity index (χ1n) is 4.45. The summed E-state index contributed by atoms with van der Waals surface area (Å²) in [6.45, 7) is 4.46. The molecule has 0 spiro atoms. The smallest absolute Gasteiger partial charge is 0.0628 e. The van der Waals surface area contributed by atoms with Gasteiger partial charge in [0.25, 0.3) is 0 Å². The molecule has 0 bridgehead atoms. The molecule has 1 atom stereocenters. The number of unbranched alkanes of at least 4 members (excludes halogenated alkanes) is 1. The summed E-state index contributed by atoms with van der Waals surface area (Å²) in [7, 11) is 0. The maximum Gasteiger partial charge on any atom is 0.0628 e. The van der Waals surface area contributed by atoms with Crippen LogP contribution in [0, 0.1) is 5.92 Å². The van der Waals surface area contributed by atoms with E-state index in [-0.39, 0.29) is 6.10 Å². The van der Waals surface area contributed by atoms with Crippen molar-refractivity contribution in [2.75, 3.05) is 5.75 Å². The summed E-state index contributed by atoms with van der Waals surface area (Å²) in [6.07, 6.45) is 4.38. The van der Waals surface area contributed by atoms with Crippen molar-refractivity contribution in [3.63, 3.8) is 0 Å². The van der Waals surface area contributed by atoms with Crippen molar-refractivity contribution < 1.29 is 5.11 Å². The van der Waals surface area contributed by atoms with Gasteiger partial charge in [0.1, 0.15) is 0 Å². The van der Waals surface area contributed by atoms with Crippen molar-refractivity contribution in [3.8, 4) is 0 Å². The maximum atomic E-state index is 9.15. The number of rotatable bonds is 6. The molecule has 0 aromatic carbocycles. The van der Waals surface area contributed by atoms with Gasteiger partial charge in [0.2, 0.25) is 0 Å². The summed E-state index contributed by atoms with van der Waals surface area (Å²) in [5.41, 5.74) is 0. The van der Waals surface area contributed by atoms with Crippen LogP contribution in [0.3, 0.4) is 0 Å². The Labute approximate surface area is 75.6 Å².